The largest absolute Gasteiger partial charge is 0.367 e. The van der Waals surface area contributed by atoms with Gasteiger partial charge in [-0.05, 0) is 36.8 Å². The minimum atomic E-state index is -0.369. The molecule has 2 N–H and O–H groups in total. The monoisotopic (exact) mass is 452 g/mol. The number of nitrogens with zero attached hydrogens (tertiary/aromatic N) is 4. The molecular weight excluding hydrogens is 416 g/mol. The molecule has 178 valence electrons. The number of amides is 2. The number of nitrogens with one attached hydrogen (secondary N) is 2. The molecule has 0 radical (unpaired) electrons. The number of aryl methyl sites for hydroxylation is 1. The molecule has 0 bridgehead atoms. The van der Waals surface area contributed by atoms with Crippen LogP contribution in [0.5, 0.6) is 0 Å². The fourth-order valence-electron chi connectivity index (χ4n) is 5.85. The van der Waals surface area contributed by atoms with Crippen molar-refractivity contribution in [2.45, 2.75) is 39.0 Å². The van der Waals surface area contributed by atoms with Gasteiger partial charge in [0.2, 0.25) is 11.8 Å². The van der Waals surface area contributed by atoms with Crippen LogP contribution < -0.4 is 15.5 Å². The van der Waals surface area contributed by atoms with Crippen LogP contribution in [0.4, 0.5) is 5.69 Å². The van der Waals surface area contributed by atoms with E-state index in [2.05, 4.69) is 52.5 Å². The summed E-state index contributed by atoms with van der Waals surface area (Å²) in [6.07, 6.45) is 2.14. The fourth-order valence-corrected chi connectivity index (χ4v) is 5.85. The van der Waals surface area contributed by atoms with Crippen molar-refractivity contribution in [1.82, 2.24) is 25.3 Å². The molecule has 2 amide bonds. The van der Waals surface area contributed by atoms with Crippen LogP contribution in [0.25, 0.3) is 10.9 Å². The maximum Gasteiger partial charge on any atom is 0.235 e. The van der Waals surface area contributed by atoms with E-state index in [0.717, 1.165) is 61.8 Å². The Bertz CT molecular complexity index is 1050. The summed E-state index contributed by atoms with van der Waals surface area (Å²) in [5.74, 6) is -0.0530. The standard InChI is InChI=1S/C25H36N6O2/c1-25(2)16-26-10-9-17(25)15-30-11-13-31(14-12-30)20-6-4-5-18-22(28-29(3)23(18)20)19-7-8-21(32)27-24(19)33/h4-6,17,19,26H,7-16H2,1-3H3,(H,27,32,33)/t17-,19?/m0/s1. The number of para-hydroxylation sites is 1. The third-order valence-electron chi connectivity index (χ3n) is 7.99. The van der Waals surface area contributed by atoms with Gasteiger partial charge in [0, 0.05) is 58.1 Å². The first kappa shape index (κ1) is 22.3. The molecule has 3 aliphatic rings. The maximum atomic E-state index is 12.5. The van der Waals surface area contributed by atoms with Crippen LogP contribution in [0.2, 0.25) is 0 Å². The van der Waals surface area contributed by atoms with Crippen LogP contribution in [0.1, 0.15) is 44.7 Å². The normalized spacial score (nSPS) is 26.6. The molecule has 1 aromatic carbocycles. The number of imide groups is 1. The SMILES string of the molecule is Cn1nc(C2CCC(=O)NC2=O)c2cccc(N3CCN(C[C@@H]4CCNCC4(C)C)CC3)c21. The molecule has 5 rings (SSSR count). The van der Waals surface area contributed by atoms with Gasteiger partial charge in [-0.15, -0.1) is 0 Å². The summed E-state index contributed by atoms with van der Waals surface area (Å²) in [6.45, 7) is 12.3. The summed E-state index contributed by atoms with van der Waals surface area (Å²) in [5.41, 5.74) is 3.39. The zero-order chi connectivity index (χ0) is 23.2. The molecule has 4 heterocycles. The van der Waals surface area contributed by atoms with Crippen LogP contribution in [0, 0.1) is 11.3 Å². The van der Waals surface area contributed by atoms with Gasteiger partial charge >= 0.3 is 0 Å². The molecule has 2 aromatic rings. The van der Waals surface area contributed by atoms with E-state index in [1.165, 1.54) is 18.7 Å². The van der Waals surface area contributed by atoms with Gasteiger partial charge in [0.25, 0.3) is 0 Å². The van der Waals surface area contributed by atoms with Gasteiger partial charge in [0.15, 0.2) is 0 Å². The lowest BCUT2D eigenvalue weighted by Crippen LogP contribution is -2.52. The number of anilines is 1. The minimum absolute atomic E-state index is 0.192. The van der Waals surface area contributed by atoms with Crippen molar-refractivity contribution in [2.24, 2.45) is 18.4 Å². The number of aromatic nitrogens is 2. The molecule has 0 aliphatic carbocycles. The van der Waals surface area contributed by atoms with Gasteiger partial charge in [-0.2, -0.15) is 5.10 Å². The lowest BCUT2D eigenvalue weighted by molar-refractivity contribution is -0.134. The summed E-state index contributed by atoms with van der Waals surface area (Å²) in [6, 6.07) is 6.29. The highest BCUT2D eigenvalue weighted by Gasteiger charge is 2.35. The highest BCUT2D eigenvalue weighted by Crippen LogP contribution is 2.36. The predicted octanol–water partition coefficient (Wildman–Crippen LogP) is 1.85. The van der Waals surface area contributed by atoms with E-state index in [0.29, 0.717) is 18.3 Å². The van der Waals surface area contributed by atoms with Gasteiger partial charge in [-0.25, -0.2) is 0 Å². The minimum Gasteiger partial charge on any atom is -0.367 e. The molecule has 3 saturated heterocycles. The molecule has 0 spiro atoms. The number of carbonyl (C=O) groups is 2. The van der Waals surface area contributed by atoms with Gasteiger partial charge in [-0.3, -0.25) is 24.5 Å². The second kappa shape index (κ2) is 8.72. The van der Waals surface area contributed by atoms with Crippen molar-refractivity contribution < 1.29 is 9.59 Å². The van der Waals surface area contributed by atoms with Gasteiger partial charge in [0.1, 0.15) is 0 Å². The van der Waals surface area contributed by atoms with E-state index in [9.17, 15) is 9.59 Å². The first-order chi connectivity index (χ1) is 15.8. The Balaban J connectivity index is 1.32. The smallest absolute Gasteiger partial charge is 0.235 e. The Kier molecular flexibility index (Phi) is 5.91. The summed E-state index contributed by atoms with van der Waals surface area (Å²) in [4.78, 5) is 29.2. The summed E-state index contributed by atoms with van der Waals surface area (Å²) >= 11 is 0. The van der Waals surface area contributed by atoms with E-state index in [1.807, 2.05) is 11.7 Å². The Hall–Kier alpha value is -2.45. The Morgan fingerprint density at radius 2 is 1.91 bits per heavy atom. The number of hydrogen-bond acceptors (Lipinski definition) is 6. The highest BCUT2D eigenvalue weighted by molar-refractivity contribution is 6.03. The molecule has 0 saturated carbocycles. The summed E-state index contributed by atoms with van der Waals surface area (Å²) in [5, 5.41) is 11.8. The fraction of sp³-hybridized carbons (Fsp3) is 0.640. The van der Waals surface area contributed by atoms with Crippen LogP contribution in [0.15, 0.2) is 18.2 Å². The number of benzene rings is 1. The maximum absolute atomic E-state index is 12.5. The molecule has 3 aliphatic heterocycles. The average molecular weight is 453 g/mol. The number of fused-ring (bicyclic) bond motifs is 1. The topological polar surface area (TPSA) is 82.5 Å². The zero-order valence-corrected chi connectivity index (χ0v) is 20.1. The molecule has 8 heteroatoms. The van der Waals surface area contributed by atoms with E-state index >= 15 is 0 Å². The average Bonchev–Trinajstić information content (AvgIpc) is 3.12. The van der Waals surface area contributed by atoms with Crippen molar-refractivity contribution in [3.05, 3.63) is 23.9 Å². The Labute approximate surface area is 195 Å². The van der Waals surface area contributed by atoms with Gasteiger partial charge in [0.05, 0.1) is 22.8 Å². The molecule has 1 unspecified atom stereocenters. The van der Waals surface area contributed by atoms with E-state index in [-0.39, 0.29) is 17.7 Å². The van der Waals surface area contributed by atoms with Crippen LogP contribution in [0.3, 0.4) is 0 Å². The third-order valence-corrected chi connectivity index (χ3v) is 7.99. The van der Waals surface area contributed by atoms with Gasteiger partial charge < -0.3 is 10.2 Å². The van der Waals surface area contributed by atoms with Crippen molar-refractivity contribution in [2.75, 3.05) is 50.7 Å². The van der Waals surface area contributed by atoms with E-state index in [1.54, 1.807) is 0 Å². The number of piperidine rings is 2. The van der Waals surface area contributed by atoms with Crippen molar-refractivity contribution in [3.63, 3.8) is 0 Å². The van der Waals surface area contributed by atoms with Crippen molar-refractivity contribution in [3.8, 4) is 0 Å². The molecule has 8 nitrogen and oxygen atoms in total. The summed E-state index contributed by atoms with van der Waals surface area (Å²) in [7, 11) is 1.96. The second-order valence-corrected chi connectivity index (χ2v) is 10.6. The van der Waals surface area contributed by atoms with Crippen molar-refractivity contribution >= 4 is 28.4 Å². The Morgan fingerprint density at radius 3 is 2.64 bits per heavy atom. The molecular formula is C25H36N6O2. The van der Waals surface area contributed by atoms with Crippen molar-refractivity contribution in [1.29, 1.82) is 0 Å². The highest BCUT2D eigenvalue weighted by atomic mass is 16.2. The first-order valence-electron chi connectivity index (χ1n) is 12.3. The number of carbonyl (C=O) groups excluding carboxylic acids is 2. The summed E-state index contributed by atoms with van der Waals surface area (Å²) < 4.78 is 1.91. The number of hydrogen-bond donors (Lipinski definition) is 2. The molecule has 2 atom stereocenters. The molecule has 33 heavy (non-hydrogen) atoms. The van der Waals surface area contributed by atoms with Gasteiger partial charge in [-0.1, -0.05) is 26.0 Å². The van der Waals surface area contributed by atoms with Crippen LogP contribution >= 0.6 is 0 Å². The van der Waals surface area contributed by atoms with Crippen LogP contribution in [-0.4, -0.2) is 72.3 Å². The lowest BCUT2D eigenvalue weighted by atomic mass is 9.74. The third kappa shape index (κ3) is 4.26. The molecule has 1 aromatic heterocycles. The second-order valence-electron chi connectivity index (χ2n) is 10.6. The Morgan fingerprint density at radius 1 is 1.12 bits per heavy atom. The van der Waals surface area contributed by atoms with E-state index < -0.39 is 0 Å². The van der Waals surface area contributed by atoms with E-state index in [4.69, 9.17) is 5.10 Å². The number of rotatable bonds is 4. The lowest BCUT2D eigenvalue weighted by Gasteiger charge is -2.44. The predicted molar refractivity (Wildman–Crippen MR) is 129 cm³/mol. The number of piperazine rings is 1. The zero-order valence-electron chi connectivity index (χ0n) is 20.1. The first-order valence-corrected chi connectivity index (χ1v) is 12.3. The molecule has 3 fully saturated rings. The quantitative estimate of drug-likeness (QED) is 0.689. The van der Waals surface area contributed by atoms with Crippen LogP contribution in [-0.2, 0) is 16.6 Å².